The monoisotopic (exact) mass is 561 g/mol. The van der Waals surface area contributed by atoms with Crippen molar-refractivity contribution in [1.29, 1.82) is 0 Å². The van der Waals surface area contributed by atoms with Crippen LogP contribution >= 0.6 is 23.2 Å². The van der Waals surface area contributed by atoms with Crippen LogP contribution < -0.4 is 10.5 Å². The first-order valence-corrected chi connectivity index (χ1v) is 13.8. The summed E-state index contributed by atoms with van der Waals surface area (Å²) in [5.41, 5.74) is 10.6. The molecular formula is C29H37Cl2N3O4. The molecule has 38 heavy (non-hydrogen) atoms. The first kappa shape index (κ1) is 30.3. The number of aromatic nitrogens is 2. The second-order valence-corrected chi connectivity index (χ2v) is 9.45. The molecule has 0 aliphatic carbocycles. The second kappa shape index (κ2) is 16.6. The van der Waals surface area contributed by atoms with E-state index in [0.717, 1.165) is 29.7 Å². The van der Waals surface area contributed by atoms with E-state index in [1.165, 1.54) is 17.5 Å². The maximum Gasteiger partial charge on any atom is 0.216 e. The zero-order valence-corrected chi connectivity index (χ0v) is 23.6. The molecule has 0 spiro atoms. The quantitative estimate of drug-likeness (QED) is 0.204. The van der Waals surface area contributed by atoms with Gasteiger partial charge in [0.2, 0.25) is 5.88 Å². The van der Waals surface area contributed by atoms with Crippen molar-refractivity contribution in [1.82, 2.24) is 9.97 Å². The predicted molar refractivity (Wildman–Crippen MR) is 152 cm³/mol. The summed E-state index contributed by atoms with van der Waals surface area (Å²) >= 11 is 12.9. The number of nitrogens with zero attached hydrogens (tertiary/aromatic N) is 2. The van der Waals surface area contributed by atoms with Crippen molar-refractivity contribution in [3.05, 3.63) is 75.5 Å². The summed E-state index contributed by atoms with van der Waals surface area (Å²) in [7, 11) is 0. The van der Waals surface area contributed by atoms with Crippen molar-refractivity contribution in [2.24, 2.45) is 5.73 Å². The van der Waals surface area contributed by atoms with Crippen molar-refractivity contribution in [2.45, 2.75) is 32.6 Å². The Bertz CT molecular complexity index is 1130. The number of hydrogen-bond acceptors (Lipinski definition) is 7. The van der Waals surface area contributed by atoms with Crippen molar-refractivity contribution in [2.75, 3.05) is 52.8 Å². The predicted octanol–water partition coefficient (Wildman–Crippen LogP) is 5.94. The van der Waals surface area contributed by atoms with Crippen molar-refractivity contribution in [3.63, 3.8) is 0 Å². The molecule has 1 atom stereocenters. The largest absolute Gasteiger partial charge is 0.475 e. The van der Waals surface area contributed by atoms with Crippen LogP contribution in [-0.4, -0.2) is 62.8 Å². The lowest BCUT2D eigenvalue weighted by molar-refractivity contribution is 0.0103. The summed E-state index contributed by atoms with van der Waals surface area (Å²) in [6.45, 7) is 8.21. The number of ether oxygens (including phenoxy) is 4. The Morgan fingerprint density at radius 1 is 0.842 bits per heavy atom. The zero-order valence-electron chi connectivity index (χ0n) is 22.1. The molecule has 1 aromatic heterocycles. The molecule has 2 aromatic carbocycles. The van der Waals surface area contributed by atoms with Crippen LogP contribution in [0.1, 0.15) is 42.9 Å². The van der Waals surface area contributed by atoms with E-state index in [9.17, 15) is 0 Å². The minimum Gasteiger partial charge on any atom is -0.475 e. The van der Waals surface area contributed by atoms with Gasteiger partial charge in [0.25, 0.3) is 0 Å². The van der Waals surface area contributed by atoms with E-state index >= 15 is 0 Å². The summed E-state index contributed by atoms with van der Waals surface area (Å²) in [6, 6.07) is 14.1. The molecule has 3 rings (SSSR count). The fraction of sp³-hybridized carbons (Fsp3) is 0.448. The van der Waals surface area contributed by atoms with Gasteiger partial charge in [-0.15, -0.1) is 0 Å². The topological polar surface area (TPSA) is 88.7 Å². The van der Waals surface area contributed by atoms with Crippen molar-refractivity contribution < 1.29 is 18.9 Å². The molecule has 0 saturated carbocycles. The second-order valence-electron chi connectivity index (χ2n) is 8.61. The van der Waals surface area contributed by atoms with Gasteiger partial charge in [-0.05, 0) is 47.7 Å². The third kappa shape index (κ3) is 9.19. The lowest BCUT2D eigenvalue weighted by Gasteiger charge is -2.21. The molecule has 0 bridgehead atoms. The molecule has 1 heterocycles. The van der Waals surface area contributed by atoms with Gasteiger partial charge in [0.05, 0.1) is 45.3 Å². The van der Waals surface area contributed by atoms with Crippen LogP contribution in [0.3, 0.4) is 0 Å². The number of benzene rings is 2. The van der Waals surface area contributed by atoms with Gasteiger partial charge in [0.15, 0.2) is 0 Å². The fourth-order valence-electron chi connectivity index (χ4n) is 4.26. The molecule has 206 valence electrons. The van der Waals surface area contributed by atoms with E-state index in [-0.39, 0.29) is 5.92 Å². The molecule has 0 aliphatic rings. The standard InChI is InChI=1S/C29H37Cl2N3O4/c1-3-24(26-17-23(30)18-27(31)25(26)4-2)21-6-5-7-22(16-21)28-19-29(34-20-33-28)38-15-14-37-13-12-36-11-10-35-9-8-32/h5-7,16-20,24H,3-4,8-15,32H2,1-2H3/t24-/m0/s1. The van der Waals surface area contributed by atoms with Gasteiger partial charge in [0.1, 0.15) is 12.9 Å². The van der Waals surface area contributed by atoms with Crippen LogP contribution in [0.15, 0.2) is 48.8 Å². The molecule has 9 heteroatoms. The summed E-state index contributed by atoms with van der Waals surface area (Å²) < 4.78 is 22.0. The maximum atomic E-state index is 6.53. The van der Waals surface area contributed by atoms with E-state index in [1.54, 1.807) is 0 Å². The first-order chi connectivity index (χ1) is 18.6. The summed E-state index contributed by atoms with van der Waals surface area (Å²) in [4.78, 5) is 8.72. The smallest absolute Gasteiger partial charge is 0.216 e. The average molecular weight is 563 g/mol. The minimum absolute atomic E-state index is 0.165. The lowest BCUT2D eigenvalue weighted by Crippen LogP contribution is -2.14. The van der Waals surface area contributed by atoms with Gasteiger partial charge in [-0.25, -0.2) is 9.97 Å². The number of nitrogens with two attached hydrogens (primary N) is 1. The Morgan fingerprint density at radius 2 is 1.55 bits per heavy atom. The van der Waals surface area contributed by atoms with Crippen LogP contribution in [0, 0.1) is 0 Å². The van der Waals surface area contributed by atoms with Gasteiger partial charge < -0.3 is 24.7 Å². The molecule has 0 saturated heterocycles. The normalized spacial score (nSPS) is 12.0. The van der Waals surface area contributed by atoms with Crippen LogP contribution in [0.5, 0.6) is 5.88 Å². The van der Waals surface area contributed by atoms with E-state index < -0.39 is 0 Å². The molecular weight excluding hydrogens is 525 g/mol. The molecule has 0 aliphatic heterocycles. The average Bonchev–Trinajstić information content (AvgIpc) is 2.92. The number of halogens is 2. The number of rotatable bonds is 17. The highest BCUT2D eigenvalue weighted by atomic mass is 35.5. The highest BCUT2D eigenvalue weighted by molar-refractivity contribution is 6.35. The van der Waals surface area contributed by atoms with E-state index in [1.807, 2.05) is 30.3 Å². The maximum absolute atomic E-state index is 6.53. The Hall–Kier alpha value is -2.26. The van der Waals surface area contributed by atoms with Crippen LogP contribution in [0.2, 0.25) is 10.0 Å². The summed E-state index contributed by atoms with van der Waals surface area (Å²) in [6.07, 6.45) is 3.27. The Labute approximate surface area is 235 Å². The van der Waals surface area contributed by atoms with Gasteiger partial charge >= 0.3 is 0 Å². The molecule has 0 amide bonds. The van der Waals surface area contributed by atoms with Gasteiger partial charge in [-0.3, -0.25) is 0 Å². The summed E-state index contributed by atoms with van der Waals surface area (Å²) in [5, 5.41) is 1.37. The highest BCUT2D eigenvalue weighted by Crippen LogP contribution is 2.37. The fourth-order valence-corrected chi connectivity index (χ4v) is 4.91. The first-order valence-electron chi connectivity index (χ1n) is 13.0. The van der Waals surface area contributed by atoms with Crippen molar-refractivity contribution in [3.8, 4) is 17.1 Å². The SMILES string of the molecule is CCc1c(Cl)cc(Cl)cc1[C@@H](CC)c1cccc(-c2cc(OCCOCCOCCOCCN)ncn2)c1. The molecule has 0 radical (unpaired) electrons. The molecule has 0 unspecified atom stereocenters. The van der Waals surface area contributed by atoms with Crippen LogP contribution in [-0.2, 0) is 20.6 Å². The molecule has 3 aromatic rings. The van der Waals surface area contributed by atoms with Crippen LogP contribution in [0.4, 0.5) is 0 Å². The lowest BCUT2D eigenvalue weighted by atomic mass is 9.84. The third-order valence-electron chi connectivity index (χ3n) is 6.04. The van der Waals surface area contributed by atoms with Crippen molar-refractivity contribution >= 4 is 23.2 Å². The highest BCUT2D eigenvalue weighted by Gasteiger charge is 2.19. The van der Waals surface area contributed by atoms with Gasteiger partial charge in [0, 0.05) is 34.1 Å². The molecule has 7 nitrogen and oxygen atoms in total. The minimum atomic E-state index is 0.165. The molecule has 2 N–H and O–H groups in total. The molecule has 0 fully saturated rings. The Kier molecular flexibility index (Phi) is 13.3. The Morgan fingerprint density at radius 3 is 2.24 bits per heavy atom. The van der Waals surface area contributed by atoms with Crippen LogP contribution in [0.25, 0.3) is 11.3 Å². The van der Waals surface area contributed by atoms with E-state index in [2.05, 4.69) is 35.9 Å². The number of hydrogen-bond donors (Lipinski definition) is 1. The Balaban J connectivity index is 1.58. The van der Waals surface area contributed by atoms with E-state index in [4.69, 9.17) is 47.9 Å². The van der Waals surface area contributed by atoms with E-state index in [0.29, 0.717) is 68.7 Å². The van der Waals surface area contributed by atoms with Gasteiger partial charge in [-0.2, -0.15) is 0 Å². The van der Waals surface area contributed by atoms with Gasteiger partial charge in [-0.1, -0.05) is 55.2 Å². The zero-order chi connectivity index (χ0) is 27.2. The third-order valence-corrected chi connectivity index (χ3v) is 6.60. The summed E-state index contributed by atoms with van der Waals surface area (Å²) in [5.74, 6) is 0.664.